The van der Waals surface area contributed by atoms with Crippen LogP contribution < -0.4 is 4.74 Å². The largest absolute Gasteiger partial charge is 0.573 e. The molecule has 0 fully saturated rings. The molecule has 0 saturated carbocycles. The summed E-state index contributed by atoms with van der Waals surface area (Å²) in [6, 6.07) is 16.2. The Hall–Kier alpha value is -2.85. The molecule has 0 unspecified atom stereocenters. The summed E-state index contributed by atoms with van der Waals surface area (Å²) in [6.07, 6.45) is -4.00. The topological polar surface area (TPSA) is 75.3 Å². The molecule has 0 saturated heterocycles. The molecule has 0 aliphatic heterocycles. The Morgan fingerprint density at radius 2 is 1.73 bits per heavy atom. The maximum atomic E-state index is 12.7. The third-order valence-electron chi connectivity index (χ3n) is 4.38. The second-order valence-corrected chi connectivity index (χ2v) is 8.58. The Labute approximate surface area is 172 Å². The average Bonchev–Trinajstić information content (AvgIpc) is 3.16. The van der Waals surface area contributed by atoms with Crippen molar-refractivity contribution in [1.29, 1.82) is 0 Å². The van der Waals surface area contributed by atoms with E-state index < -0.39 is 27.0 Å². The van der Waals surface area contributed by atoms with Crippen molar-refractivity contribution in [1.82, 2.24) is 14.5 Å². The van der Waals surface area contributed by atoms with Crippen LogP contribution >= 0.6 is 0 Å². The number of ether oxygens (including phenoxy) is 1. The lowest BCUT2D eigenvalue weighted by Gasteiger charge is -2.19. The molecule has 3 rings (SSSR count). The summed E-state index contributed by atoms with van der Waals surface area (Å²) in [5.41, 5.74) is 2.58. The van der Waals surface area contributed by atoms with E-state index in [9.17, 15) is 21.6 Å². The molecule has 0 spiro atoms. The highest BCUT2D eigenvalue weighted by molar-refractivity contribution is 7.89. The van der Waals surface area contributed by atoms with Crippen molar-refractivity contribution >= 4 is 10.0 Å². The lowest BCUT2D eigenvalue weighted by molar-refractivity contribution is -0.275. The summed E-state index contributed by atoms with van der Waals surface area (Å²) in [5, 5.41) is 7.17. The lowest BCUT2D eigenvalue weighted by atomic mass is 10.1. The Bertz CT molecular complexity index is 1080. The molecular formula is C20H20F3N3O3S. The molecule has 1 heterocycles. The predicted molar refractivity (Wildman–Crippen MR) is 105 cm³/mol. The summed E-state index contributed by atoms with van der Waals surface area (Å²) in [6.45, 7) is 0.113. The van der Waals surface area contributed by atoms with Gasteiger partial charge in [-0.05, 0) is 31.0 Å². The standard InChI is InChI=1S/C20H20F3N3O3S/c1-26(30(27,28)19-12-6-5-11-18(19)29-20(21,22)23)13-7-10-16-14-17(25-24-16)15-8-3-2-4-9-15/h2-6,8-9,11-12,14H,7,10,13H2,1H3,(H,24,25). The van der Waals surface area contributed by atoms with Gasteiger partial charge in [0.05, 0.1) is 5.69 Å². The van der Waals surface area contributed by atoms with Crippen molar-refractivity contribution in [2.45, 2.75) is 24.1 Å². The van der Waals surface area contributed by atoms with Crippen molar-refractivity contribution in [3.8, 4) is 17.0 Å². The quantitative estimate of drug-likeness (QED) is 0.570. The van der Waals surface area contributed by atoms with Crippen LogP contribution in [0, 0.1) is 0 Å². The third-order valence-corrected chi connectivity index (χ3v) is 6.28. The van der Waals surface area contributed by atoms with Gasteiger partial charge in [-0.3, -0.25) is 5.10 Å². The van der Waals surface area contributed by atoms with Crippen LogP contribution in [0.25, 0.3) is 11.3 Å². The molecule has 0 atom stereocenters. The van der Waals surface area contributed by atoms with Gasteiger partial charge in [0.15, 0.2) is 0 Å². The minimum Gasteiger partial charge on any atom is -0.404 e. The fourth-order valence-corrected chi connectivity index (χ4v) is 4.22. The van der Waals surface area contributed by atoms with Gasteiger partial charge in [0.25, 0.3) is 0 Å². The van der Waals surface area contributed by atoms with Crippen molar-refractivity contribution < 1.29 is 26.3 Å². The van der Waals surface area contributed by atoms with Crippen LogP contribution in [0.1, 0.15) is 12.1 Å². The van der Waals surface area contributed by atoms with Gasteiger partial charge in [0, 0.05) is 24.8 Å². The summed E-state index contributed by atoms with van der Waals surface area (Å²) in [7, 11) is -2.83. The molecule has 1 N–H and O–H groups in total. The van der Waals surface area contributed by atoms with Crippen LogP contribution in [0.4, 0.5) is 13.2 Å². The van der Waals surface area contributed by atoms with Gasteiger partial charge < -0.3 is 4.74 Å². The van der Waals surface area contributed by atoms with Crippen molar-refractivity contribution in [2.24, 2.45) is 0 Å². The highest BCUT2D eigenvalue weighted by Gasteiger charge is 2.34. The minimum absolute atomic E-state index is 0.113. The first kappa shape index (κ1) is 21.8. The number of rotatable bonds is 8. The van der Waals surface area contributed by atoms with E-state index in [-0.39, 0.29) is 6.54 Å². The molecule has 10 heteroatoms. The Balaban J connectivity index is 1.64. The minimum atomic E-state index is -4.98. The molecule has 160 valence electrons. The molecule has 0 aliphatic carbocycles. The smallest absolute Gasteiger partial charge is 0.404 e. The number of hydrogen-bond donors (Lipinski definition) is 1. The van der Waals surface area contributed by atoms with Crippen molar-refractivity contribution in [3.63, 3.8) is 0 Å². The van der Waals surface area contributed by atoms with E-state index in [0.717, 1.165) is 33.4 Å². The maximum absolute atomic E-state index is 12.7. The molecule has 0 radical (unpaired) electrons. The van der Waals surface area contributed by atoms with Gasteiger partial charge in [0.1, 0.15) is 10.6 Å². The van der Waals surface area contributed by atoms with Crippen LogP contribution in [0.15, 0.2) is 65.6 Å². The van der Waals surface area contributed by atoms with Crippen LogP contribution in [-0.4, -0.2) is 42.9 Å². The van der Waals surface area contributed by atoms with Crippen LogP contribution in [0.5, 0.6) is 5.75 Å². The zero-order valence-electron chi connectivity index (χ0n) is 16.1. The van der Waals surface area contributed by atoms with Gasteiger partial charge >= 0.3 is 6.36 Å². The normalized spacial score (nSPS) is 12.3. The molecule has 3 aromatic rings. The monoisotopic (exact) mass is 439 g/mol. The first-order valence-electron chi connectivity index (χ1n) is 9.07. The zero-order chi connectivity index (χ0) is 21.8. The van der Waals surface area contributed by atoms with E-state index in [4.69, 9.17) is 0 Å². The fourth-order valence-electron chi connectivity index (χ4n) is 2.90. The average molecular weight is 439 g/mol. The van der Waals surface area contributed by atoms with Gasteiger partial charge in [-0.25, -0.2) is 12.7 Å². The highest BCUT2D eigenvalue weighted by Crippen LogP contribution is 2.31. The Morgan fingerprint density at radius 1 is 1.07 bits per heavy atom. The van der Waals surface area contributed by atoms with Gasteiger partial charge in [-0.1, -0.05) is 42.5 Å². The summed E-state index contributed by atoms with van der Waals surface area (Å²) < 4.78 is 68.1. The number of benzene rings is 2. The molecule has 0 bridgehead atoms. The number of aryl methyl sites for hydroxylation is 1. The first-order chi connectivity index (χ1) is 14.2. The van der Waals surface area contributed by atoms with E-state index in [1.165, 1.54) is 19.2 Å². The van der Waals surface area contributed by atoms with E-state index in [0.29, 0.717) is 12.8 Å². The number of para-hydroxylation sites is 1. The maximum Gasteiger partial charge on any atom is 0.573 e. The van der Waals surface area contributed by atoms with E-state index in [1.54, 1.807) is 0 Å². The SMILES string of the molecule is CN(CCCc1cc(-c2ccccc2)n[nH]1)S(=O)(=O)c1ccccc1OC(F)(F)F. The van der Waals surface area contributed by atoms with Crippen LogP contribution in [0.3, 0.4) is 0 Å². The highest BCUT2D eigenvalue weighted by atomic mass is 32.2. The van der Waals surface area contributed by atoms with Crippen molar-refractivity contribution in [3.05, 3.63) is 66.4 Å². The van der Waals surface area contributed by atoms with Gasteiger partial charge in [-0.2, -0.15) is 5.10 Å². The summed E-state index contributed by atoms with van der Waals surface area (Å²) >= 11 is 0. The van der Waals surface area contributed by atoms with E-state index >= 15 is 0 Å². The lowest BCUT2D eigenvalue weighted by Crippen LogP contribution is -2.29. The summed E-state index contributed by atoms with van der Waals surface area (Å²) in [5.74, 6) is -0.752. The van der Waals surface area contributed by atoms with Crippen LogP contribution in [0.2, 0.25) is 0 Å². The van der Waals surface area contributed by atoms with Crippen molar-refractivity contribution in [2.75, 3.05) is 13.6 Å². The molecule has 6 nitrogen and oxygen atoms in total. The number of nitrogens with zero attached hydrogens (tertiary/aromatic N) is 2. The van der Waals surface area contributed by atoms with E-state index in [1.807, 2.05) is 36.4 Å². The predicted octanol–water partition coefficient (Wildman–Crippen LogP) is 4.23. The number of H-pyrrole nitrogens is 1. The molecular weight excluding hydrogens is 419 g/mol. The molecule has 2 aromatic carbocycles. The third kappa shape index (κ3) is 5.39. The zero-order valence-corrected chi connectivity index (χ0v) is 16.9. The molecule has 30 heavy (non-hydrogen) atoms. The number of sulfonamides is 1. The number of hydrogen-bond acceptors (Lipinski definition) is 4. The number of alkyl halides is 3. The number of aromatic nitrogens is 2. The second-order valence-electron chi connectivity index (χ2n) is 6.57. The summed E-state index contributed by atoms with van der Waals surface area (Å²) in [4.78, 5) is -0.530. The molecule has 1 aromatic heterocycles. The molecule has 0 amide bonds. The van der Waals surface area contributed by atoms with Crippen LogP contribution in [-0.2, 0) is 16.4 Å². The first-order valence-corrected chi connectivity index (χ1v) is 10.5. The Morgan fingerprint density at radius 3 is 2.43 bits per heavy atom. The second kappa shape index (κ2) is 8.88. The van der Waals surface area contributed by atoms with Gasteiger partial charge in [-0.15, -0.1) is 13.2 Å². The number of aromatic amines is 1. The number of halogens is 3. The Kier molecular flexibility index (Phi) is 6.47. The fraction of sp³-hybridized carbons (Fsp3) is 0.250. The van der Waals surface area contributed by atoms with Gasteiger partial charge in [0.2, 0.25) is 10.0 Å². The molecule has 0 aliphatic rings. The van der Waals surface area contributed by atoms with E-state index in [2.05, 4.69) is 14.9 Å². The number of nitrogens with one attached hydrogen (secondary N) is 1.